The van der Waals surface area contributed by atoms with Crippen molar-refractivity contribution in [2.75, 3.05) is 41.3 Å². The molecule has 0 saturated carbocycles. The van der Waals surface area contributed by atoms with E-state index in [1.165, 1.54) is 26.4 Å². The first-order valence-corrected chi connectivity index (χ1v) is 17.7. The summed E-state index contributed by atoms with van der Waals surface area (Å²) >= 11 is 0. The van der Waals surface area contributed by atoms with Crippen molar-refractivity contribution in [1.29, 1.82) is 0 Å². The summed E-state index contributed by atoms with van der Waals surface area (Å²) in [4.78, 5) is 44.4. The van der Waals surface area contributed by atoms with Crippen molar-refractivity contribution < 1.29 is 48.0 Å². The second-order valence-corrected chi connectivity index (χ2v) is 15.7. The zero-order chi connectivity index (χ0) is 37.9. The zero-order valence-corrected chi connectivity index (χ0v) is 31.7. The number of carbonyl (C=O) groups is 3. The molecule has 3 aliphatic heterocycles. The van der Waals surface area contributed by atoms with Gasteiger partial charge in [0.15, 0.2) is 23.0 Å². The molecule has 0 bridgehead atoms. The predicted octanol–water partition coefficient (Wildman–Crippen LogP) is 5.13. The molecule has 4 atom stereocenters. The fourth-order valence-electron chi connectivity index (χ4n) is 8.50. The van der Waals surface area contributed by atoms with Gasteiger partial charge in [-0.2, -0.15) is 5.06 Å². The van der Waals surface area contributed by atoms with Gasteiger partial charge in [0.1, 0.15) is 5.54 Å². The molecule has 13 nitrogen and oxygen atoms in total. The van der Waals surface area contributed by atoms with Gasteiger partial charge in [-0.3, -0.25) is 14.4 Å². The van der Waals surface area contributed by atoms with Crippen LogP contribution in [0.2, 0.25) is 0 Å². The van der Waals surface area contributed by atoms with E-state index in [1.807, 2.05) is 58.9 Å². The standard InChI is InChI=1S/C39H51N3O10/c1-11-12-41(34(43)22-17-37(2,3)42(46)38(4,5)18-22)39(6,7)36(45)40-32-24-16-27-26(51-20-52-27)15-23(24)30(31-25(32)19-50-35(31)44)21-13-28(47-8)33(49-10)29(14-21)48-9/h13-17,25,30-32,46H,11-12,18-20H2,1-10H3,(H,40,45)/t25-,30+,31-,32+/m0/s1. The molecule has 2 N–H and O–H groups in total. The minimum absolute atomic E-state index is 0.0393. The van der Waals surface area contributed by atoms with Crippen LogP contribution in [0.1, 0.15) is 90.0 Å². The fraction of sp³-hybridized carbons (Fsp3) is 0.564. The Morgan fingerprint density at radius 2 is 1.60 bits per heavy atom. The van der Waals surface area contributed by atoms with E-state index >= 15 is 0 Å². The number of hydrogen-bond donors (Lipinski definition) is 2. The van der Waals surface area contributed by atoms with Gasteiger partial charge in [0.25, 0.3) is 0 Å². The SMILES string of the molecule is CCCN(C(=O)C1=CC(C)(C)N(O)C(C)(C)C1)C(C)(C)C(=O)N[C@@H]1c2cc3c(cc2[C@@H](c2cc(OC)c(OC)c(OC)c2)[C@H]2C(=O)OC[C@@H]21)OCO3. The summed E-state index contributed by atoms with van der Waals surface area (Å²) in [5.74, 6) is -0.349. The molecule has 1 fully saturated rings. The van der Waals surface area contributed by atoms with E-state index in [-0.39, 0.29) is 31.2 Å². The first kappa shape index (κ1) is 37.3. The van der Waals surface area contributed by atoms with Gasteiger partial charge in [-0.25, -0.2) is 0 Å². The number of benzene rings is 2. The number of rotatable bonds is 10. The van der Waals surface area contributed by atoms with Crippen LogP contribution in [0.15, 0.2) is 35.9 Å². The number of nitrogens with one attached hydrogen (secondary N) is 1. The summed E-state index contributed by atoms with van der Waals surface area (Å²) < 4.78 is 34.3. The summed E-state index contributed by atoms with van der Waals surface area (Å²) in [6.45, 7) is 13.4. The van der Waals surface area contributed by atoms with Crippen LogP contribution in [0, 0.1) is 11.8 Å². The fourth-order valence-corrected chi connectivity index (χ4v) is 8.50. The van der Waals surface area contributed by atoms with Crippen LogP contribution in [0.3, 0.4) is 0 Å². The Morgan fingerprint density at radius 1 is 0.981 bits per heavy atom. The Hall–Kier alpha value is -4.49. The summed E-state index contributed by atoms with van der Waals surface area (Å²) in [6, 6.07) is 6.73. The van der Waals surface area contributed by atoms with Gasteiger partial charge in [0, 0.05) is 29.5 Å². The summed E-state index contributed by atoms with van der Waals surface area (Å²) in [5.41, 5.74) is -0.0244. The van der Waals surface area contributed by atoms with E-state index in [4.69, 9.17) is 28.4 Å². The molecule has 0 spiro atoms. The van der Waals surface area contributed by atoms with Gasteiger partial charge in [-0.15, -0.1) is 0 Å². The quantitative estimate of drug-likeness (QED) is 0.315. The average Bonchev–Trinajstić information content (AvgIpc) is 3.73. The van der Waals surface area contributed by atoms with Crippen molar-refractivity contribution in [3.63, 3.8) is 0 Å². The van der Waals surface area contributed by atoms with Crippen LogP contribution in [0.4, 0.5) is 0 Å². The number of fused-ring (bicyclic) bond motifs is 3. The topological polar surface area (TPSA) is 145 Å². The molecule has 6 rings (SSSR count). The van der Waals surface area contributed by atoms with E-state index in [9.17, 15) is 19.6 Å². The second-order valence-electron chi connectivity index (χ2n) is 15.7. The summed E-state index contributed by atoms with van der Waals surface area (Å²) in [5, 5.41) is 15.4. The van der Waals surface area contributed by atoms with E-state index < -0.39 is 40.4 Å². The molecule has 2 aromatic rings. The molecule has 3 heterocycles. The third kappa shape index (κ3) is 6.11. The molecular weight excluding hydrogens is 670 g/mol. The molecule has 0 unspecified atom stereocenters. The molecule has 4 aliphatic rings. The lowest BCUT2D eigenvalue weighted by Crippen LogP contribution is -2.61. The monoisotopic (exact) mass is 721 g/mol. The Labute approximate surface area is 305 Å². The lowest BCUT2D eigenvalue weighted by atomic mass is 9.65. The number of nitrogens with zero attached hydrogens (tertiary/aromatic N) is 2. The highest BCUT2D eigenvalue weighted by molar-refractivity contribution is 5.99. The minimum Gasteiger partial charge on any atom is -0.493 e. The van der Waals surface area contributed by atoms with Crippen LogP contribution in [0.5, 0.6) is 28.7 Å². The van der Waals surface area contributed by atoms with Crippen molar-refractivity contribution in [2.24, 2.45) is 11.8 Å². The van der Waals surface area contributed by atoms with Gasteiger partial charge in [-0.1, -0.05) is 13.0 Å². The number of cyclic esters (lactones) is 1. The van der Waals surface area contributed by atoms with Crippen molar-refractivity contribution in [3.05, 3.63) is 52.6 Å². The average molecular weight is 722 g/mol. The number of esters is 1. The van der Waals surface area contributed by atoms with Crippen LogP contribution < -0.4 is 29.0 Å². The maximum Gasteiger partial charge on any atom is 0.310 e. The maximum atomic E-state index is 14.6. The Bertz CT molecular complexity index is 1780. The Balaban J connectivity index is 1.41. The van der Waals surface area contributed by atoms with Gasteiger partial charge in [-0.05, 0) is 95.3 Å². The number of amides is 2. The highest BCUT2D eigenvalue weighted by Gasteiger charge is 2.54. The molecule has 0 radical (unpaired) electrons. The second kappa shape index (κ2) is 13.5. The van der Waals surface area contributed by atoms with Gasteiger partial charge in [0.05, 0.1) is 45.4 Å². The maximum absolute atomic E-state index is 14.6. The van der Waals surface area contributed by atoms with E-state index in [0.29, 0.717) is 53.7 Å². The number of hydrogen-bond acceptors (Lipinski definition) is 11. The Morgan fingerprint density at radius 3 is 2.15 bits per heavy atom. The number of carbonyl (C=O) groups excluding carboxylic acids is 3. The van der Waals surface area contributed by atoms with Crippen LogP contribution in [0.25, 0.3) is 0 Å². The number of hydroxylamine groups is 2. The molecule has 52 heavy (non-hydrogen) atoms. The van der Waals surface area contributed by atoms with Crippen molar-refractivity contribution >= 4 is 17.8 Å². The number of ether oxygens (including phenoxy) is 6. The third-order valence-corrected chi connectivity index (χ3v) is 11.0. The lowest BCUT2D eigenvalue weighted by molar-refractivity contribution is -0.214. The first-order valence-electron chi connectivity index (χ1n) is 17.7. The molecule has 1 saturated heterocycles. The van der Waals surface area contributed by atoms with Gasteiger partial charge < -0.3 is 43.8 Å². The van der Waals surface area contributed by atoms with Crippen molar-refractivity contribution in [1.82, 2.24) is 15.3 Å². The first-order chi connectivity index (χ1) is 24.5. The molecular formula is C39H51N3O10. The smallest absolute Gasteiger partial charge is 0.310 e. The highest BCUT2D eigenvalue weighted by Crippen LogP contribution is 2.56. The molecule has 282 valence electrons. The summed E-state index contributed by atoms with van der Waals surface area (Å²) in [6.07, 6.45) is 2.71. The molecule has 13 heteroatoms. The van der Waals surface area contributed by atoms with Gasteiger partial charge >= 0.3 is 5.97 Å². The minimum atomic E-state index is -1.30. The van der Waals surface area contributed by atoms with E-state index in [2.05, 4.69) is 5.32 Å². The lowest BCUT2D eigenvalue weighted by Gasteiger charge is -2.48. The molecule has 2 amide bonds. The normalized spacial score (nSPS) is 24.2. The van der Waals surface area contributed by atoms with E-state index in [1.54, 1.807) is 24.8 Å². The van der Waals surface area contributed by atoms with Crippen LogP contribution in [-0.2, 0) is 19.1 Å². The molecule has 2 aromatic carbocycles. The predicted molar refractivity (Wildman–Crippen MR) is 190 cm³/mol. The molecule has 0 aromatic heterocycles. The van der Waals surface area contributed by atoms with Crippen molar-refractivity contribution in [3.8, 4) is 28.7 Å². The zero-order valence-electron chi connectivity index (χ0n) is 31.7. The molecule has 1 aliphatic carbocycles. The van der Waals surface area contributed by atoms with E-state index in [0.717, 1.165) is 16.7 Å². The van der Waals surface area contributed by atoms with Crippen LogP contribution in [-0.4, -0.2) is 90.8 Å². The highest BCUT2D eigenvalue weighted by atomic mass is 16.7. The van der Waals surface area contributed by atoms with Crippen molar-refractivity contribution in [2.45, 2.75) is 89.9 Å². The Kier molecular flexibility index (Phi) is 9.67. The summed E-state index contributed by atoms with van der Waals surface area (Å²) in [7, 11) is 4.60. The van der Waals surface area contributed by atoms with Crippen LogP contribution >= 0.6 is 0 Å². The largest absolute Gasteiger partial charge is 0.493 e. The number of methoxy groups -OCH3 is 3. The van der Waals surface area contributed by atoms with Gasteiger partial charge in [0.2, 0.25) is 24.4 Å². The third-order valence-electron chi connectivity index (χ3n) is 11.0.